The first-order valence-electron chi connectivity index (χ1n) is 8.11. The average molecular weight is 433 g/mol. The molecule has 0 bridgehead atoms. The summed E-state index contributed by atoms with van der Waals surface area (Å²) in [5.74, 6) is -1.25. The van der Waals surface area contributed by atoms with E-state index >= 15 is 0 Å². The normalized spacial score (nSPS) is 11.4. The van der Waals surface area contributed by atoms with Crippen LogP contribution in [0.2, 0.25) is 0 Å². The van der Waals surface area contributed by atoms with Gasteiger partial charge in [0.2, 0.25) is 17.8 Å². The lowest BCUT2D eigenvalue weighted by atomic mass is 10.2. The van der Waals surface area contributed by atoms with Crippen molar-refractivity contribution in [3.8, 4) is 0 Å². The summed E-state index contributed by atoms with van der Waals surface area (Å²) in [4.78, 5) is 41.0. The monoisotopic (exact) mass is 432 g/mol. The largest absolute Gasteiger partial charge is 0.444 e. The molecule has 13 heteroatoms. The van der Waals surface area contributed by atoms with Gasteiger partial charge in [-0.25, -0.2) is 14.5 Å². The predicted molar refractivity (Wildman–Crippen MR) is 106 cm³/mol. The fourth-order valence-corrected chi connectivity index (χ4v) is 2.25. The molecule has 3 amide bonds. The molecule has 0 aliphatic rings. The standard InChI is InChI=1S/C15H24N6O5S2/c1-14(2,3)25-11(23)18-9(16)21(13(24)26-15(4,5)6)7-8(22)17-10-19-12(27)28-20-10/h7H2,1-6H3,(H2,16,18,23)(H2,17,19,20,22,27). The molecule has 0 fully saturated rings. The topological polar surface area (TPSA) is 150 Å². The third kappa shape index (κ3) is 8.90. The number of nitrogens with one attached hydrogen (secondary N) is 4. The van der Waals surface area contributed by atoms with Crippen molar-refractivity contribution in [2.75, 3.05) is 11.9 Å². The second-order valence-corrected chi connectivity index (χ2v) is 8.96. The highest BCUT2D eigenvalue weighted by atomic mass is 32.2. The van der Waals surface area contributed by atoms with Crippen LogP contribution in [0.4, 0.5) is 15.5 Å². The zero-order chi connectivity index (χ0) is 21.7. The Hall–Kier alpha value is -2.54. The van der Waals surface area contributed by atoms with E-state index in [0.717, 1.165) is 11.5 Å². The van der Waals surface area contributed by atoms with Gasteiger partial charge in [-0.1, -0.05) is 0 Å². The molecular formula is C15H24N6O5S2. The van der Waals surface area contributed by atoms with Crippen molar-refractivity contribution in [2.24, 2.45) is 0 Å². The lowest BCUT2D eigenvalue weighted by Crippen LogP contribution is -2.51. The van der Waals surface area contributed by atoms with E-state index < -0.39 is 41.8 Å². The minimum absolute atomic E-state index is 0.107. The Bertz CT molecular complexity index is 805. The summed E-state index contributed by atoms with van der Waals surface area (Å²) in [6.45, 7) is 9.21. The van der Waals surface area contributed by atoms with Gasteiger partial charge in [-0.3, -0.25) is 25.2 Å². The van der Waals surface area contributed by atoms with Crippen molar-refractivity contribution in [1.29, 1.82) is 5.41 Å². The van der Waals surface area contributed by atoms with Gasteiger partial charge in [0.15, 0.2) is 3.95 Å². The number of anilines is 1. The van der Waals surface area contributed by atoms with Crippen molar-refractivity contribution in [3.63, 3.8) is 0 Å². The van der Waals surface area contributed by atoms with Gasteiger partial charge in [-0.15, -0.1) is 0 Å². The van der Waals surface area contributed by atoms with E-state index in [4.69, 9.17) is 27.1 Å². The number of aromatic nitrogens is 2. The lowest BCUT2D eigenvalue weighted by Gasteiger charge is -2.27. The molecule has 0 aliphatic carbocycles. The van der Waals surface area contributed by atoms with Crippen molar-refractivity contribution in [1.82, 2.24) is 19.6 Å². The third-order valence-corrected chi connectivity index (χ3v) is 3.40. The molecule has 156 valence electrons. The van der Waals surface area contributed by atoms with Crippen LogP contribution in [0.25, 0.3) is 0 Å². The first-order valence-corrected chi connectivity index (χ1v) is 9.33. The van der Waals surface area contributed by atoms with E-state index in [-0.39, 0.29) is 5.95 Å². The zero-order valence-electron chi connectivity index (χ0n) is 16.5. The highest BCUT2D eigenvalue weighted by Gasteiger charge is 2.29. The maximum atomic E-state index is 12.4. The highest BCUT2D eigenvalue weighted by molar-refractivity contribution is 7.73. The van der Waals surface area contributed by atoms with E-state index in [1.54, 1.807) is 41.5 Å². The van der Waals surface area contributed by atoms with Crippen LogP contribution in [0.3, 0.4) is 0 Å². The maximum Gasteiger partial charge on any atom is 0.417 e. The Labute approximate surface area is 171 Å². The number of amides is 3. The minimum atomic E-state index is -0.991. The van der Waals surface area contributed by atoms with E-state index in [9.17, 15) is 14.4 Å². The van der Waals surface area contributed by atoms with Gasteiger partial charge in [0, 0.05) is 0 Å². The second-order valence-electron chi connectivity index (χ2n) is 7.52. The van der Waals surface area contributed by atoms with Gasteiger partial charge in [0.25, 0.3) is 0 Å². The Kier molecular flexibility index (Phi) is 7.64. The Balaban J connectivity index is 2.89. The summed E-state index contributed by atoms with van der Waals surface area (Å²) in [5, 5.41) is 12.5. The number of guanidine groups is 1. The van der Waals surface area contributed by atoms with E-state index in [1.165, 1.54) is 0 Å². The second kappa shape index (κ2) is 9.10. The minimum Gasteiger partial charge on any atom is -0.444 e. The summed E-state index contributed by atoms with van der Waals surface area (Å²) in [6.07, 6.45) is -1.94. The van der Waals surface area contributed by atoms with Gasteiger partial charge in [-0.05, 0) is 65.3 Å². The molecule has 28 heavy (non-hydrogen) atoms. The van der Waals surface area contributed by atoms with Crippen LogP contribution in [0.1, 0.15) is 41.5 Å². The Morgan fingerprint density at radius 3 is 2.21 bits per heavy atom. The molecule has 1 heterocycles. The zero-order valence-corrected chi connectivity index (χ0v) is 18.1. The molecule has 11 nitrogen and oxygen atoms in total. The summed E-state index contributed by atoms with van der Waals surface area (Å²) in [5.41, 5.74) is -1.68. The SMILES string of the molecule is CC(C)(C)OC(=O)NC(=N)N(CC(=O)Nc1nc(=S)s[nH]1)C(=O)OC(C)(C)C. The lowest BCUT2D eigenvalue weighted by molar-refractivity contribution is -0.116. The van der Waals surface area contributed by atoms with Crippen LogP contribution in [0, 0.1) is 9.36 Å². The van der Waals surface area contributed by atoms with Crippen molar-refractivity contribution < 1.29 is 23.9 Å². The molecule has 0 aliphatic heterocycles. The van der Waals surface area contributed by atoms with Gasteiger partial charge < -0.3 is 9.47 Å². The summed E-state index contributed by atoms with van der Waals surface area (Å²) in [6, 6.07) is 0. The molecule has 0 saturated heterocycles. The van der Waals surface area contributed by atoms with Gasteiger partial charge >= 0.3 is 12.2 Å². The Morgan fingerprint density at radius 2 is 1.75 bits per heavy atom. The van der Waals surface area contributed by atoms with Crippen molar-refractivity contribution in [3.05, 3.63) is 3.95 Å². The van der Waals surface area contributed by atoms with Crippen LogP contribution >= 0.6 is 23.8 Å². The fourth-order valence-electron chi connectivity index (χ4n) is 1.62. The number of hydrogen-bond acceptors (Lipinski definition) is 9. The van der Waals surface area contributed by atoms with Crippen LogP contribution in [0.15, 0.2) is 0 Å². The summed E-state index contributed by atoms with van der Waals surface area (Å²) < 4.78 is 13.2. The molecule has 1 rings (SSSR count). The maximum absolute atomic E-state index is 12.4. The van der Waals surface area contributed by atoms with Gasteiger partial charge in [0.1, 0.15) is 17.7 Å². The third-order valence-electron chi connectivity index (χ3n) is 2.50. The number of nitrogens with zero attached hydrogens (tertiary/aromatic N) is 2. The fraction of sp³-hybridized carbons (Fsp3) is 0.600. The van der Waals surface area contributed by atoms with E-state index in [2.05, 4.69) is 20.0 Å². The first-order chi connectivity index (χ1) is 12.7. The van der Waals surface area contributed by atoms with Crippen LogP contribution in [-0.2, 0) is 14.3 Å². The number of H-pyrrole nitrogens is 1. The first kappa shape index (κ1) is 23.5. The van der Waals surface area contributed by atoms with Crippen molar-refractivity contribution in [2.45, 2.75) is 52.7 Å². The van der Waals surface area contributed by atoms with E-state index in [1.807, 2.05) is 0 Å². The van der Waals surface area contributed by atoms with Crippen LogP contribution < -0.4 is 10.6 Å². The molecular weight excluding hydrogens is 408 g/mol. The quantitative estimate of drug-likeness (QED) is 0.326. The number of rotatable bonds is 3. The number of carbonyl (C=O) groups is 3. The Morgan fingerprint density at radius 1 is 1.18 bits per heavy atom. The molecule has 0 aromatic carbocycles. The number of aromatic amines is 1. The predicted octanol–water partition coefficient (Wildman–Crippen LogP) is 2.84. The number of ether oxygens (including phenoxy) is 2. The highest BCUT2D eigenvalue weighted by Crippen LogP contribution is 2.11. The number of carbonyl (C=O) groups excluding carboxylic acids is 3. The molecule has 1 aromatic heterocycles. The van der Waals surface area contributed by atoms with Crippen LogP contribution in [0.5, 0.6) is 0 Å². The van der Waals surface area contributed by atoms with Gasteiger partial charge in [-0.2, -0.15) is 4.98 Å². The van der Waals surface area contributed by atoms with Gasteiger partial charge in [0.05, 0.1) is 0 Å². The molecule has 4 N–H and O–H groups in total. The molecule has 0 unspecified atom stereocenters. The smallest absolute Gasteiger partial charge is 0.417 e. The number of hydrogen-bond donors (Lipinski definition) is 4. The number of alkyl carbamates (subject to hydrolysis) is 1. The van der Waals surface area contributed by atoms with Crippen molar-refractivity contribution >= 4 is 53.8 Å². The molecule has 0 atom stereocenters. The molecule has 0 spiro atoms. The molecule has 1 aromatic rings. The van der Waals surface area contributed by atoms with E-state index in [0.29, 0.717) is 8.85 Å². The molecule has 0 saturated carbocycles. The summed E-state index contributed by atoms with van der Waals surface area (Å²) >= 11 is 5.89. The molecule has 0 radical (unpaired) electrons. The summed E-state index contributed by atoms with van der Waals surface area (Å²) in [7, 11) is 0. The average Bonchev–Trinajstić information content (AvgIpc) is 2.85. The van der Waals surface area contributed by atoms with Crippen LogP contribution in [-0.4, -0.2) is 56.1 Å².